The second kappa shape index (κ2) is 11.7. The highest BCUT2D eigenvalue weighted by atomic mass is 35.6. The van der Waals surface area contributed by atoms with E-state index >= 15 is 0 Å². The van der Waals surface area contributed by atoms with Gasteiger partial charge in [-0.15, -0.1) is 5.10 Å². The van der Waals surface area contributed by atoms with Crippen LogP contribution in [0.3, 0.4) is 0 Å². The molecule has 0 amide bonds. The van der Waals surface area contributed by atoms with E-state index in [2.05, 4.69) is 22.4 Å². The predicted octanol–water partition coefficient (Wildman–Crippen LogP) is 5.17. The summed E-state index contributed by atoms with van der Waals surface area (Å²) in [5.41, 5.74) is 1.07. The van der Waals surface area contributed by atoms with Crippen molar-refractivity contribution in [2.45, 2.75) is 47.0 Å². The van der Waals surface area contributed by atoms with Crippen LogP contribution in [0, 0.1) is 5.21 Å². The van der Waals surface area contributed by atoms with Gasteiger partial charge in [-0.1, -0.05) is 78.2 Å². The molecule has 0 radical (unpaired) electrons. The van der Waals surface area contributed by atoms with Crippen LogP contribution < -0.4 is 9.96 Å². The molecule has 194 valence electrons. The summed E-state index contributed by atoms with van der Waals surface area (Å²) < 4.78 is 28.4. The van der Waals surface area contributed by atoms with E-state index < -0.39 is 24.5 Å². The number of hydroxylamine groups is 2. The number of rotatable bonds is 9. The predicted molar refractivity (Wildman–Crippen MR) is 146 cm³/mol. The number of quaternary nitrogens is 1. The molecular weight excluding hydrogens is 577 g/mol. The lowest BCUT2D eigenvalue weighted by atomic mass is 10.2. The Labute approximate surface area is 229 Å². The van der Waals surface area contributed by atoms with Crippen molar-refractivity contribution in [1.82, 2.24) is 19.7 Å². The summed E-state index contributed by atoms with van der Waals surface area (Å²) >= 11 is 23.7. The van der Waals surface area contributed by atoms with Crippen molar-refractivity contribution in [2.24, 2.45) is 0 Å². The number of thiocarbonyl (C=S) groups is 1. The number of nitrogens with one attached hydrogen (secondary N) is 1. The number of nitrogens with zero attached hydrogens (tertiary/aromatic N) is 4. The van der Waals surface area contributed by atoms with E-state index in [0.717, 1.165) is 30.6 Å². The van der Waals surface area contributed by atoms with Crippen LogP contribution in [0.1, 0.15) is 38.2 Å². The largest absolute Gasteiger partial charge is 0.622 e. The van der Waals surface area contributed by atoms with E-state index in [4.69, 9.17) is 51.8 Å². The molecule has 35 heavy (non-hydrogen) atoms. The average molecular weight is 603 g/mol. The number of aromatic nitrogens is 2. The maximum Gasteiger partial charge on any atom is 0.311 e. The molecule has 1 aliphatic heterocycles. The average Bonchev–Trinajstić information content (AvgIpc) is 3.37. The third kappa shape index (κ3) is 7.36. The Hall–Kier alpha value is -0.830. The molecule has 2 heterocycles. The van der Waals surface area contributed by atoms with Crippen molar-refractivity contribution < 1.29 is 13.2 Å². The van der Waals surface area contributed by atoms with Gasteiger partial charge in [-0.25, -0.2) is 13.3 Å². The van der Waals surface area contributed by atoms with Crippen LogP contribution in [0.4, 0.5) is 10.8 Å². The number of sulfone groups is 1. The molecule has 9 nitrogen and oxygen atoms in total. The highest BCUT2D eigenvalue weighted by molar-refractivity contribution is 7.93. The Kier molecular flexibility index (Phi) is 9.61. The van der Waals surface area contributed by atoms with Crippen molar-refractivity contribution in [3.63, 3.8) is 0 Å². The molecular formula is C20H26Cl3N5O4S3. The van der Waals surface area contributed by atoms with E-state index in [1.807, 2.05) is 0 Å². The van der Waals surface area contributed by atoms with E-state index in [1.165, 1.54) is 0 Å². The van der Waals surface area contributed by atoms with E-state index in [9.17, 15) is 13.6 Å². The zero-order chi connectivity index (χ0) is 25.9. The first kappa shape index (κ1) is 28.7. The van der Waals surface area contributed by atoms with Crippen molar-refractivity contribution in [3.05, 3.63) is 35.0 Å². The van der Waals surface area contributed by atoms with Crippen LogP contribution in [-0.4, -0.2) is 60.9 Å². The zero-order valence-corrected chi connectivity index (χ0v) is 23.8. The van der Waals surface area contributed by atoms with Gasteiger partial charge in [-0.2, -0.15) is 0 Å². The number of unbranched alkanes of at least 4 members (excludes halogenated alkanes) is 3. The van der Waals surface area contributed by atoms with E-state index in [1.54, 1.807) is 36.2 Å². The Balaban J connectivity index is 1.69. The maximum absolute atomic E-state index is 13.8. The molecule has 0 saturated carbocycles. The van der Waals surface area contributed by atoms with Gasteiger partial charge in [0.2, 0.25) is 18.0 Å². The lowest BCUT2D eigenvalue weighted by Crippen LogP contribution is -2.51. The molecule has 0 aliphatic carbocycles. The van der Waals surface area contributed by atoms with Crippen molar-refractivity contribution in [3.8, 4) is 0 Å². The van der Waals surface area contributed by atoms with Gasteiger partial charge in [-0.3, -0.25) is 4.65 Å². The Morgan fingerprint density at radius 2 is 1.97 bits per heavy atom. The minimum absolute atomic E-state index is 0.00122. The fraction of sp³-hybridized carbons (Fsp3) is 0.550. The van der Waals surface area contributed by atoms with Crippen molar-refractivity contribution in [2.75, 3.05) is 31.3 Å². The van der Waals surface area contributed by atoms with E-state index in [0.29, 0.717) is 17.7 Å². The second-order valence-electron chi connectivity index (χ2n) is 8.27. The highest BCUT2D eigenvalue weighted by Gasteiger charge is 2.45. The molecule has 1 aromatic carbocycles. The Morgan fingerprint density at radius 3 is 2.60 bits per heavy atom. The van der Waals surface area contributed by atoms with Gasteiger partial charge in [0.05, 0.1) is 12.3 Å². The summed E-state index contributed by atoms with van der Waals surface area (Å²) in [5.74, 6) is -0.0224. The number of hydrogen-bond acceptors (Lipinski definition) is 9. The molecule has 2 aromatic rings. The lowest BCUT2D eigenvalue weighted by molar-refractivity contribution is 0.101. The molecule has 2 atom stereocenters. The van der Waals surface area contributed by atoms with Crippen molar-refractivity contribution >= 4 is 84.2 Å². The molecule has 0 spiro atoms. The smallest absolute Gasteiger partial charge is 0.311 e. The van der Waals surface area contributed by atoms with Gasteiger partial charge >= 0.3 is 5.13 Å². The van der Waals surface area contributed by atoms with Crippen LogP contribution in [0.15, 0.2) is 28.6 Å². The molecule has 1 N–H and O–H groups in total. The van der Waals surface area contributed by atoms with Gasteiger partial charge in [0, 0.05) is 11.3 Å². The molecule has 2 unspecified atom stereocenters. The fourth-order valence-electron chi connectivity index (χ4n) is 3.51. The Morgan fingerprint density at radius 1 is 1.29 bits per heavy atom. The number of halogens is 3. The first-order valence-electron chi connectivity index (χ1n) is 10.8. The molecule has 1 saturated heterocycles. The highest BCUT2D eigenvalue weighted by Crippen LogP contribution is 2.38. The number of hydrogen-bond donors (Lipinski definition) is 1. The summed E-state index contributed by atoms with van der Waals surface area (Å²) in [6, 6.07) is 6.58. The Bertz CT molecular complexity index is 1130. The van der Waals surface area contributed by atoms with Crippen molar-refractivity contribution in [1.29, 1.82) is 0 Å². The lowest BCUT2D eigenvalue weighted by Gasteiger charge is -2.38. The quantitative estimate of drug-likeness (QED) is 0.137. The molecule has 1 fully saturated rings. The molecule has 15 heteroatoms. The van der Waals surface area contributed by atoms with Crippen LogP contribution in [0.5, 0.6) is 0 Å². The molecule has 1 aliphatic rings. The molecule has 3 rings (SSSR count). The number of benzene rings is 1. The first-order chi connectivity index (χ1) is 16.3. The standard InChI is InChI=1S/C20H26Cl3N5O4S3/c1-3-4-5-6-11-35(30,31)19-26-25-17(34-19)28(29)13-27(2)12-16(28)32-18(33)24-15-9-7-14(8-10-15)20(21,22)23/h7-10,16H,3-6,11-13H2,1-2H3,(H,24,33). The number of likely N-dealkylation sites (N-methyl/N-ethyl adjacent to an activating group) is 1. The van der Waals surface area contributed by atoms with Crippen LogP contribution in [-0.2, 0) is 18.4 Å². The minimum atomic E-state index is -3.61. The number of anilines is 1. The normalized spacial score (nSPS) is 21.3. The number of alkyl halides is 3. The third-order valence-electron chi connectivity index (χ3n) is 5.34. The molecule has 1 aromatic heterocycles. The monoisotopic (exact) mass is 601 g/mol. The summed E-state index contributed by atoms with van der Waals surface area (Å²) in [4.78, 5) is 1.76. The fourth-order valence-corrected chi connectivity index (χ4v) is 6.67. The second-order valence-corrected chi connectivity index (χ2v) is 14.2. The van der Waals surface area contributed by atoms with Crippen LogP contribution in [0.25, 0.3) is 0 Å². The van der Waals surface area contributed by atoms with Gasteiger partial charge < -0.3 is 15.3 Å². The van der Waals surface area contributed by atoms with E-state index in [-0.39, 0.29) is 33.6 Å². The van der Waals surface area contributed by atoms with Gasteiger partial charge in [0.1, 0.15) is 6.67 Å². The maximum atomic E-state index is 13.8. The van der Waals surface area contributed by atoms with Gasteiger partial charge in [0.15, 0.2) is 0 Å². The van der Waals surface area contributed by atoms with Crippen LogP contribution in [0.2, 0.25) is 0 Å². The van der Waals surface area contributed by atoms with Crippen LogP contribution >= 0.6 is 58.4 Å². The topological polar surface area (TPSA) is 107 Å². The first-order valence-corrected chi connectivity index (χ1v) is 14.9. The summed E-state index contributed by atoms with van der Waals surface area (Å²) in [7, 11) is -1.85. The zero-order valence-electron chi connectivity index (χ0n) is 19.1. The summed E-state index contributed by atoms with van der Waals surface area (Å²) in [6.45, 7) is 2.32. The van der Waals surface area contributed by atoms with Gasteiger partial charge in [-0.05, 0) is 49.2 Å². The number of ether oxygens (including phenoxy) is 1. The van der Waals surface area contributed by atoms with Gasteiger partial charge in [0.25, 0.3) is 11.4 Å². The summed E-state index contributed by atoms with van der Waals surface area (Å²) in [6.07, 6.45) is 2.37. The molecule has 0 bridgehead atoms. The minimum Gasteiger partial charge on any atom is -0.622 e. The third-order valence-corrected chi connectivity index (χ3v) is 9.47. The SMILES string of the molecule is CCCCCCS(=O)(=O)c1nnc([N+]2([O-])CN(C)CC2OC(=S)Nc2ccc(C(Cl)(Cl)Cl)cc2)s1. The summed E-state index contributed by atoms with van der Waals surface area (Å²) in [5, 5.41) is 24.4.